The number of hydrogen-bond donors (Lipinski definition) is 0. The van der Waals surface area contributed by atoms with E-state index in [2.05, 4.69) is 17.0 Å². The van der Waals surface area contributed by atoms with Crippen molar-refractivity contribution in [2.24, 2.45) is 5.92 Å². The monoisotopic (exact) mass is 490 g/mol. The van der Waals surface area contributed by atoms with Crippen molar-refractivity contribution in [1.29, 1.82) is 0 Å². The summed E-state index contributed by atoms with van der Waals surface area (Å²) in [5.41, 5.74) is 0.569. The number of hydrogen-bond acceptors (Lipinski definition) is 6. The van der Waals surface area contributed by atoms with Gasteiger partial charge >= 0.3 is 0 Å². The van der Waals surface area contributed by atoms with E-state index >= 15 is 0 Å². The molecule has 3 heterocycles. The Morgan fingerprint density at radius 2 is 1.79 bits per heavy atom. The van der Waals surface area contributed by atoms with Crippen molar-refractivity contribution < 1.29 is 22.1 Å². The number of piperazine rings is 1. The van der Waals surface area contributed by atoms with Crippen LogP contribution in [0.15, 0.2) is 33.7 Å². The van der Waals surface area contributed by atoms with Crippen LogP contribution in [0.25, 0.3) is 12.2 Å². The average Bonchev–Trinajstić information content (AvgIpc) is 3.24. The molecule has 1 aromatic carbocycles. The second kappa shape index (κ2) is 10.4. The Labute approximate surface area is 200 Å². The number of rotatable bonds is 6. The van der Waals surface area contributed by atoms with Crippen LogP contribution < -0.4 is 0 Å². The lowest BCUT2D eigenvalue weighted by atomic mass is 9.96. The third kappa shape index (κ3) is 5.08. The van der Waals surface area contributed by atoms with E-state index in [0.29, 0.717) is 18.4 Å². The number of nitrogens with zero attached hydrogens (tertiary/aromatic N) is 4. The second-order valence-electron chi connectivity index (χ2n) is 8.75. The number of benzene rings is 1. The smallest absolute Gasteiger partial charge is 0.248 e. The minimum absolute atomic E-state index is 0.0134. The molecule has 2 aliphatic heterocycles. The van der Waals surface area contributed by atoms with Gasteiger partial charge in [-0.1, -0.05) is 30.3 Å². The van der Waals surface area contributed by atoms with Crippen LogP contribution in [0.5, 0.6) is 0 Å². The van der Waals surface area contributed by atoms with E-state index in [1.807, 2.05) is 4.90 Å². The Morgan fingerprint density at radius 3 is 2.44 bits per heavy atom. The maximum Gasteiger partial charge on any atom is 0.248 e. The van der Waals surface area contributed by atoms with Crippen LogP contribution >= 0.6 is 0 Å². The molecule has 0 atom stereocenters. The van der Waals surface area contributed by atoms with Crippen molar-refractivity contribution in [3.63, 3.8) is 0 Å². The van der Waals surface area contributed by atoms with Crippen molar-refractivity contribution in [1.82, 2.24) is 19.3 Å². The van der Waals surface area contributed by atoms with Crippen molar-refractivity contribution in [3.8, 4) is 0 Å². The lowest BCUT2D eigenvalue weighted by Gasteiger charge is -2.38. The predicted octanol–water partition coefficient (Wildman–Crippen LogP) is 2.86. The summed E-state index contributed by atoms with van der Waals surface area (Å²) >= 11 is 0. The van der Waals surface area contributed by atoms with Gasteiger partial charge in [-0.05, 0) is 44.5 Å². The molecule has 10 heteroatoms. The summed E-state index contributed by atoms with van der Waals surface area (Å²) in [5, 5.41) is 3.84. The number of carbonyl (C=O) groups excluding carboxylic acids is 1. The van der Waals surface area contributed by atoms with Gasteiger partial charge in [0.1, 0.15) is 11.5 Å². The molecular formula is C24H31FN4O4S. The molecule has 0 unspecified atom stereocenters. The summed E-state index contributed by atoms with van der Waals surface area (Å²) in [5.74, 6) is -0.388. The average molecular weight is 491 g/mol. The van der Waals surface area contributed by atoms with Crippen LogP contribution in [-0.4, -0.2) is 79.4 Å². The third-order valence-electron chi connectivity index (χ3n) is 6.69. The third-order valence-corrected chi connectivity index (χ3v) is 8.74. The number of carbonyl (C=O) groups is 1. The zero-order valence-corrected chi connectivity index (χ0v) is 20.4. The Kier molecular flexibility index (Phi) is 7.49. The number of aromatic nitrogens is 1. The molecular weight excluding hydrogens is 459 g/mol. The summed E-state index contributed by atoms with van der Waals surface area (Å²) in [7, 11) is -3.88. The van der Waals surface area contributed by atoms with Gasteiger partial charge in [0.05, 0.1) is 0 Å². The topological polar surface area (TPSA) is 87.0 Å². The van der Waals surface area contributed by atoms with E-state index in [-0.39, 0.29) is 41.3 Å². The van der Waals surface area contributed by atoms with E-state index in [4.69, 9.17) is 4.52 Å². The van der Waals surface area contributed by atoms with Gasteiger partial charge in [0.25, 0.3) is 0 Å². The highest BCUT2D eigenvalue weighted by Gasteiger charge is 2.37. The van der Waals surface area contributed by atoms with Gasteiger partial charge in [-0.2, -0.15) is 4.31 Å². The molecule has 0 saturated carbocycles. The largest absolute Gasteiger partial charge is 0.355 e. The zero-order chi connectivity index (χ0) is 24.3. The van der Waals surface area contributed by atoms with E-state index in [1.54, 1.807) is 25.1 Å². The van der Waals surface area contributed by atoms with Crippen molar-refractivity contribution in [2.45, 2.75) is 31.6 Å². The highest BCUT2D eigenvalue weighted by Crippen LogP contribution is 2.30. The number of likely N-dealkylation sites (N-methyl/N-ethyl adjacent to an activating group) is 1. The van der Waals surface area contributed by atoms with Gasteiger partial charge < -0.3 is 14.3 Å². The molecule has 2 saturated heterocycles. The van der Waals surface area contributed by atoms with Gasteiger partial charge in [0.15, 0.2) is 10.7 Å². The molecule has 0 aliphatic carbocycles. The van der Waals surface area contributed by atoms with Gasteiger partial charge in [0.2, 0.25) is 15.9 Å². The summed E-state index contributed by atoms with van der Waals surface area (Å²) < 4.78 is 47.5. The van der Waals surface area contributed by atoms with Crippen molar-refractivity contribution in [3.05, 3.63) is 47.1 Å². The molecule has 2 aliphatic rings. The fourth-order valence-corrected chi connectivity index (χ4v) is 6.31. The number of piperidine rings is 1. The Morgan fingerprint density at radius 1 is 1.12 bits per heavy atom. The van der Waals surface area contributed by atoms with Gasteiger partial charge in [-0.25, -0.2) is 12.8 Å². The second-order valence-corrected chi connectivity index (χ2v) is 10.6. The first-order chi connectivity index (χ1) is 16.3. The fraction of sp³-hybridized carbons (Fsp3) is 0.500. The minimum atomic E-state index is -3.88. The molecule has 0 spiro atoms. The molecule has 1 aromatic heterocycles. The van der Waals surface area contributed by atoms with Crippen LogP contribution in [0.1, 0.15) is 36.8 Å². The van der Waals surface area contributed by atoms with E-state index in [1.165, 1.54) is 22.5 Å². The lowest BCUT2D eigenvalue weighted by Crippen LogP contribution is -2.51. The molecule has 4 rings (SSSR count). The predicted molar refractivity (Wildman–Crippen MR) is 127 cm³/mol. The van der Waals surface area contributed by atoms with Gasteiger partial charge in [-0.15, -0.1) is 0 Å². The molecule has 2 fully saturated rings. The van der Waals surface area contributed by atoms with Crippen LogP contribution in [0.3, 0.4) is 0 Å². The Hall–Kier alpha value is -2.56. The Balaban J connectivity index is 1.43. The molecule has 184 valence electrons. The number of halogens is 1. The lowest BCUT2D eigenvalue weighted by molar-refractivity contribution is -0.138. The first-order valence-electron chi connectivity index (χ1n) is 11.7. The van der Waals surface area contributed by atoms with E-state index < -0.39 is 15.8 Å². The molecule has 8 nitrogen and oxygen atoms in total. The van der Waals surface area contributed by atoms with E-state index in [0.717, 1.165) is 32.7 Å². The molecule has 0 N–H and O–H groups in total. The molecule has 2 aromatic rings. The number of aryl methyl sites for hydroxylation is 1. The van der Waals surface area contributed by atoms with Crippen LogP contribution in [-0.2, 0) is 14.8 Å². The summed E-state index contributed by atoms with van der Waals surface area (Å²) in [6, 6.07) is 6.20. The van der Waals surface area contributed by atoms with Crippen LogP contribution in [0.2, 0.25) is 0 Å². The normalized spacial score (nSPS) is 19.2. The molecule has 0 bridgehead atoms. The summed E-state index contributed by atoms with van der Waals surface area (Å²) in [6.45, 7) is 8.40. The minimum Gasteiger partial charge on any atom is -0.355 e. The highest BCUT2D eigenvalue weighted by molar-refractivity contribution is 7.89. The molecule has 0 radical (unpaired) electrons. The number of amides is 1. The van der Waals surface area contributed by atoms with Crippen molar-refractivity contribution in [2.75, 3.05) is 45.8 Å². The zero-order valence-electron chi connectivity index (χ0n) is 19.6. The maximum absolute atomic E-state index is 13.9. The summed E-state index contributed by atoms with van der Waals surface area (Å²) in [4.78, 5) is 17.2. The van der Waals surface area contributed by atoms with Gasteiger partial charge in [-0.3, -0.25) is 4.79 Å². The van der Waals surface area contributed by atoms with Crippen LogP contribution in [0, 0.1) is 18.7 Å². The Bertz CT molecular complexity index is 1150. The maximum atomic E-state index is 13.9. The first kappa shape index (κ1) is 24.6. The first-order valence-corrected chi connectivity index (χ1v) is 13.2. The fourth-order valence-electron chi connectivity index (χ4n) is 4.59. The van der Waals surface area contributed by atoms with Crippen molar-refractivity contribution >= 4 is 28.1 Å². The number of sulfonamides is 1. The molecule has 34 heavy (non-hydrogen) atoms. The quantitative estimate of drug-likeness (QED) is 0.619. The van der Waals surface area contributed by atoms with Crippen LogP contribution in [0.4, 0.5) is 4.39 Å². The summed E-state index contributed by atoms with van der Waals surface area (Å²) in [6.07, 6.45) is 3.86. The van der Waals surface area contributed by atoms with E-state index in [9.17, 15) is 17.6 Å². The standard InChI is InChI=1S/C24H31FN4O4S/c1-3-27-14-16-28(17-15-27)24(30)20-10-12-29(13-11-20)34(31,32)23-18(2)26-33-22(23)9-8-19-6-4-5-7-21(19)25/h4-9,20H,3,10-17H2,1-2H3. The van der Waals surface area contributed by atoms with Gasteiger partial charge in [0, 0.05) is 50.7 Å². The SMILES string of the molecule is CCN1CCN(C(=O)C2CCN(S(=O)(=O)c3c(C)noc3C=Cc3ccccc3F)CC2)CC1. The highest BCUT2D eigenvalue weighted by atomic mass is 32.2. The molecule has 1 amide bonds.